The number of Topliss-reactive ketones (excluding diaryl/α,β-unsaturated/α-hetero) is 1. The number of hydrogen-bond donors (Lipinski definition) is 0. The Morgan fingerprint density at radius 1 is 1.40 bits per heavy atom. The fraction of sp³-hybridized carbons (Fsp3) is 0.182. The molecule has 0 aliphatic rings. The van der Waals surface area contributed by atoms with E-state index >= 15 is 0 Å². The minimum atomic E-state index is 0.0914. The van der Waals surface area contributed by atoms with Gasteiger partial charge in [-0.1, -0.05) is 6.07 Å². The average molecular weight is 218 g/mol. The molecule has 3 nitrogen and oxygen atoms in total. The third-order valence-electron chi connectivity index (χ3n) is 2.07. The van der Waals surface area contributed by atoms with Crippen LogP contribution >= 0.6 is 11.3 Å². The molecule has 0 N–H and O–H groups in total. The maximum Gasteiger partial charge on any atom is 0.180 e. The van der Waals surface area contributed by atoms with E-state index in [4.69, 9.17) is 0 Å². The third-order valence-corrected chi connectivity index (χ3v) is 3.04. The number of hydrogen-bond acceptors (Lipinski definition) is 4. The topological polar surface area (TPSA) is 42.9 Å². The second-order valence-electron chi connectivity index (χ2n) is 3.19. The Bertz CT molecular complexity index is 464. The number of pyridine rings is 1. The fourth-order valence-electron chi connectivity index (χ4n) is 1.32. The maximum atomic E-state index is 11.8. The van der Waals surface area contributed by atoms with Crippen molar-refractivity contribution in [2.75, 3.05) is 0 Å². The van der Waals surface area contributed by atoms with Crippen LogP contribution in [0.25, 0.3) is 0 Å². The van der Waals surface area contributed by atoms with E-state index in [0.29, 0.717) is 6.42 Å². The fourth-order valence-corrected chi connectivity index (χ4v) is 2.06. The molecule has 2 aromatic heterocycles. The van der Waals surface area contributed by atoms with Crippen LogP contribution in [0, 0.1) is 6.92 Å². The molecular weight excluding hydrogens is 208 g/mol. The summed E-state index contributed by atoms with van der Waals surface area (Å²) in [5, 5.41) is 0. The monoisotopic (exact) mass is 218 g/mol. The van der Waals surface area contributed by atoms with Crippen LogP contribution in [0.3, 0.4) is 0 Å². The minimum Gasteiger partial charge on any atom is -0.293 e. The summed E-state index contributed by atoms with van der Waals surface area (Å²) in [6.07, 6.45) is 2.05. The van der Waals surface area contributed by atoms with E-state index in [2.05, 4.69) is 9.97 Å². The van der Waals surface area contributed by atoms with Crippen molar-refractivity contribution in [3.63, 3.8) is 0 Å². The van der Waals surface area contributed by atoms with Gasteiger partial charge in [-0.15, -0.1) is 11.3 Å². The van der Waals surface area contributed by atoms with Crippen LogP contribution in [0.4, 0.5) is 0 Å². The Morgan fingerprint density at radius 2 is 2.27 bits per heavy atom. The highest BCUT2D eigenvalue weighted by molar-refractivity contribution is 7.11. The van der Waals surface area contributed by atoms with Crippen molar-refractivity contribution in [3.8, 4) is 0 Å². The number of aromatic nitrogens is 2. The third kappa shape index (κ3) is 2.27. The van der Waals surface area contributed by atoms with Crippen LogP contribution in [0.2, 0.25) is 0 Å². The minimum absolute atomic E-state index is 0.0914. The van der Waals surface area contributed by atoms with Crippen LogP contribution in [0.5, 0.6) is 0 Å². The van der Waals surface area contributed by atoms with E-state index in [1.165, 1.54) is 11.3 Å². The summed E-state index contributed by atoms with van der Waals surface area (Å²) in [6, 6.07) is 5.58. The van der Waals surface area contributed by atoms with E-state index in [9.17, 15) is 4.79 Å². The van der Waals surface area contributed by atoms with Crippen LogP contribution < -0.4 is 0 Å². The Hall–Kier alpha value is -1.55. The first-order valence-corrected chi connectivity index (χ1v) is 5.48. The Balaban J connectivity index is 2.15. The number of thiazole rings is 1. The molecule has 15 heavy (non-hydrogen) atoms. The Kier molecular flexibility index (Phi) is 2.87. The summed E-state index contributed by atoms with van der Waals surface area (Å²) in [4.78, 5) is 20.7. The molecule has 0 atom stereocenters. The van der Waals surface area contributed by atoms with Gasteiger partial charge in [-0.3, -0.25) is 9.78 Å². The molecule has 0 saturated carbocycles. The van der Waals surface area contributed by atoms with Gasteiger partial charge in [0.2, 0.25) is 0 Å². The van der Waals surface area contributed by atoms with Gasteiger partial charge in [0.25, 0.3) is 0 Å². The Morgan fingerprint density at radius 3 is 2.87 bits per heavy atom. The first-order chi connectivity index (χ1) is 7.27. The molecule has 0 aliphatic heterocycles. The van der Waals surface area contributed by atoms with Gasteiger partial charge in [-0.05, 0) is 19.1 Å². The molecule has 76 valence electrons. The lowest BCUT2D eigenvalue weighted by atomic mass is 10.1. The molecule has 4 heteroatoms. The van der Waals surface area contributed by atoms with Crippen molar-refractivity contribution in [1.82, 2.24) is 9.97 Å². The van der Waals surface area contributed by atoms with Crippen molar-refractivity contribution in [2.45, 2.75) is 13.3 Å². The molecule has 0 radical (unpaired) electrons. The molecular formula is C11H10N2OS. The average Bonchev–Trinajstić information content (AvgIpc) is 2.66. The molecule has 0 fully saturated rings. The summed E-state index contributed by atoms with van der Waals surface area (Å²) in [6.45, 7) is 1.85. The highest BCUT2D eigenvalue weighted by Crippen LogP contribution is 2.14. The van der Waals surface area contributed by atoms with Gasteiger partial charge in [0.15, 0.2) is 5.78 Å². The van der Waals surface area contributed by atoms with Gasteiger partial charge in [-0.2, -0.15) is 0 Å². The SMILES string of the molecule is Cc1ncsc1C(=O)Cc1ccccn1. The van der Waals surface area contributed by atoms with E-state index in [0.717, 1.165) is 16.3 Å². The summed E-state index contributed by atoms with van der Waals surface area (Å²) >= 11 is 1.39. The van der Waals surface area contributed by atoms with Crippen molar-refractivity contribution in [1.29, 1.82) is 0 Å². The van der Waals surface area contributed by atoms with Crippen LogP contribution in [-0.4, -0.2) is 15.8 Å². The molecule has 2 rings (SSSR count). The first kappa shape index (κ1) is 9.98. The maximum absolute atomic E-state index is 11.8. The lowest BCUT2D eigenvalue weighted by Gasteiger charge is -1.98. The van der Waals surface area contributed by atoms with E-state index in [1.807, 2.05) is 25.1 Å². The smallest absolute Gasteiger partial charge is 0.180 e. The van der Waals surface area contributed by atoms with Gasteiger partial charge >= 0.3 is 0 Å². The van der Waals surface area contributed by atoms with Crippen molar-refractivity contribution in [3.05, 3.63) is 46.2 Å². The number of rotatable bonds is 3. The summed E-state index contributed by atoms with van der Waals surface area (Å²) in [5.41, 5.74) is 3.30. The summed E-state index contributed by atoms with van der Waals surface area (Å²) in [5.74, 6) is 0.0914. The second kappa shape index (κ2) is 4.31. The van der Waals surface area contributed by atoms with Crippen molar-refractivity contribution in [2.24, 2.45) is 0 Å². The predicted octanol–water partition coefficient (Wildman–Crippen LogP) is 2.27. The van der Waals surface area contributed by atoms with Gasteiger partial charge in [-0.25, -0.2) is 4.98 Å². The second-order valence-corrected chi connectivity index (χ2v) is 4.04. The van der Waals surface area contributed by atoms with E-state index in [1.54, 1.807) is 11.7 Å². The van der Waals surface area contributed by atoms with Crippen molar-refractivity contribution >= 4 is 17.1 Å². The van der Waals surface area contributed by atoms with Gasteiger partial charge in [0, 0.05) is 11.9 Å². The largest absolute Gasteiger partial charge is 0.293 e. The highest BCUT2D eigenvalue weighted by Gasteiger charge is 2.12. The molecule has 0 saturated heterocycles. The van der Waals surface area contributed by atoms with Crippen molar-refractivity contribution < 1.29 is 4.79 Å². The summed E-state index contributed by atoms with van der Waals surface area (Å²) in [7, 11) is 0. The first-order valence-electron chi connectivity index (χ1n) is 4.60. The zero-order chi connectivity index (χ0) is 10.7. The van der Waals surface area contributed by atoms with Crippen LogP contribution in [0.1, 0.15) is 21.1 Å². The Labute approximate surface area is 91.8 Å². The number of ketones is 1. The predicted molar refractivity (Wildman–Crippen MR) is 59.1 cm³/mol. The summed E-state index contributed by atoms with van der Waals surface area (Å²) < 4.78 is 0. The molecule has 0 aromatic carbocycles. The number of carbonyl (C=O) groups is 1. The number of carbonyl (C=O) groups excluding carboxylic acids is 1. The normalized spacial score (nSPS) is 10.2. The molecule has 0 spiro atoms. The van der Waals surface area contributed by atoms with E-state index < -0.39 is 0 Å². The zero-order valence-electron chi connectivity index (χ0n) is 8.30. The lowest BCUT2D eigenvalue weighted by molar-refractivity contribution is 0.0995. The van der Waals surface area contributed by atoms with Crippen LogP contribution in [-0.2, 0) is 6.42 Å². The molecule has 0 amide bonds. The van der Waals surface area contributed by atoms with Gasteiger partial charge in [0.05, 0.1) is 22.5 Å². The van der Waals surface area contributed by atoms with Gasteiger partial charge in [0.1, 0.15) is 0 Å². The quantitative estimate of drug-likeness (QED) is 0.742. The molecule has 2 aromatic rings. The molecule has 0 aliphatic carbocycles. The molecule has 0 bridgehead atoms. The number of nitrogens with zero attached hydrogens (tertiary/aromatic N) is 2. The number of aryl methyl sites for hydroxylation is 1. The highest BCUT2D eigenvalue weighted by atomic mass is 32.1. The lowest BCUT2D eigenvalue weighted by Crippen LogP contribution is -2.04. The molecule has 0 unspecified atom stereocenters. The van der Waals surface area contributed by atoms with Gasteiger partial charge < -0.3 is 0 Å². The zero-order valence-corrected chi connectivity index (χ0v) is 9.12. The standard InChI is InChI=1S/C11H10N2OS/c1-8-11(15-7-13-8)10(14)6-9-4-2-3-5-12-9/h2-5,7H,6H2,1H3. The van der Waals surface area contributed by atoms with Crippen LogP contribution in [0.15, 0.2) is 29.9 Å². The molecule has 2 heterocycles. The van der Waals surface area contributed by atoms with E-state index in [-0.39, 0.29) is 5.78 Å².